The van der Waals surface area contributed by atoms with Gasteiger partial charge in [-0.3, -0.25) is 0 Å². The lowest BCUT2D eigenvalue weighted by Gasteiger charge is -2.13. The van der Waals surface area contributed by atoms with Crippen molar-refractivity contribution in [1.82, 2.24) is 5.32 Å². The summed E-state index contributed by atoms with van der Waals surface area (Å²) >= 11 is 0. The van der Waals surface area contributed by atoms with Crippen LogP contribution >= 0.6 is 0 Å². The molecule has 1 aromatic carbocycles. The Labute approximate surface area is 109 Å². The second-order valence-electron chi connectivity index (χ2n) is 3.99. The number of methoxy groups -OCH3 is 2. The Kier molecular flexibility index (Phi) is 7.22. The van der Waals surface area contributed by atoms with Crippen molar-refractivity contribution in [3.8, 4) is 11.5 Å². The molecule has 4 nitrogen and oxygen atoms in total. The van der Waals surface area contributed by atoms with Gasteiger partial charge in [-0.1, -0.05) is 6.92 Å². The number of benzene rings is 1. The maximum Gasteiger partial charge on any atom is 0.124 e. The predicted molar refractivity (Wildman–Crippen MR) is 72.4 cm³/mol. The lowest BCUT2D eigenvalue weighted by atomic mass is 10.2. The van der Waals surface area contributed by atoms with Crippen molar-refractivity contribution in [2.45, 2.75) is 19.9 Å². The largest absolute Gasteiger partial charge is 0.497 e. The lowest BCUT2D eigenvalue weighted by molar-refractivity contribution is 0.145. The van der Waals surface area contributed by atoms with Gasteiger partial charge in [0.2, 0.25) is 0 Å². The molecule has 0 fully saturated rings. The molecule has 1 aromatic rings. The molecule has 18 heavy (non-hydrogen) atoms. The van der Waals surface area contributed by atoms with Gasteiger partial charge in [-0.25, -0.2) is 0 Å². The van der Waals surface area contributed by atoms with Crippen LogP contribution in [0.2, 0.25) is 0 Å². The Hall–Kier alpha value is -1.26. The first-order chi connectivity index (χ1) is 8.81. The quantitative estimate of drug-likeness (QED) is 0.685. The zero-order chi connectivity index (χ0) is 13.2. The first kappa shape index (κ1) is 14.8. The van der Waals surface area contributed by atoms with E-state index in [4.69, 9.17) is 14.2 Å². The standard InChI is InChI=1S/C14H23NO3/c1-4-7-15-11-12-10-13(17-3)5-6-14(12)18-9-8-16-2/h5-6,10,15H,4,7-9,11H2,1-3H3. The van der Waals surface area contributed by atoms with Crippen molar-refractivity contribution >= 4 is 0 Å². The molecule has 0 saturated heterocycles. The molecule has 0 amide bonds. The average Bonchev–Trinajstić information content (AvgIpc) is 2.40. The zero-order valence-corrected chi connectivity index (χ0v) is 11.5. The summed E-state index contributed by atoms with van der Waals surface area (Å²) in [6.07, 6.45) is 1.11. The van der Waals surface area contributed by atoms with Gasteiger partial charge in [0.15, 0.2) is 0 Å². The average molecular weight is 253 g/mol. The third kappa shape index (κ3) is 4.94. The Bertz CT molecular complexity index is 342. The number of rotatable bonds is 9. The van der Waals surface area contributed by atoms with Gasteiger partial charge in [0.1, 0.15) is 18.1 Å². The van der Waals surface area contributed by atoms with Gasteiger partial charge in [0.25, 0.3) is 0 Å². The van der Waals surface area contributed by atoms with Crippen molar-refractivity contribution < 1.29 is 14.2 Å². The summed E-state index contributed by atoms with van der Waals surface area (Å²) in [5, 5.41) is 3.37. The molecule has 0 atom stereocenters. The van der Waals surface area contributed by atoms with E-state index in [0.717, 1.165) is 36.6 Å². The topological polar surface area (TPSA) is 39.7 Å². The van der Waals surface area contributed by atoms with Crippen molar-refractivity contribution in [2.75, 3.05) is 34.0 Å². The SMILES string of the molecule is CCCNCc1cc(OC)ccc1OCCOC. The van der Waals surface area contributed by atoms with E-state index in [0.29, 0.717) is 13.2 Å². The van der Waals surface area contributed by atoms with Crippen LogP contribution < -0.4 is 14.8 Å². The molecule has 1 N–H and O–H groups in total. The normalized spacial score (nSPS) is 10.4. The molecular formula is C14H23NO3. The van der Waals surface area contributed by atoms with E-state index in [2.05, 4.69) is 12.2 Å². The maximum absolute atomic E-state index is 5.69. The van der Waals surface area contributed by atoms with E-state index in [1.54, 1.807) is 14.2 Å². The Morgan fingerprint density at radius 2 is 2.00 bits per heavy atom. The Morgan fingerprint density at radius 1 is 1.17 bits per heavy atom. The molecule has 0 aliphatic carbocycles. The minimum Gasteiger partial charge on any atom is -0.497 e. The summed E-state index contributed by atoms with van der Waals surface area (Å²) in [6.45, 7) is 5.08. The highest BCUT2D eigenvalue weighted by Gasteiger charge is 2.05. The lowest BCUT2D eigenvalue weighted by Crippen LogP contribution is -2.15. The molecule has 0 aromatic heterocycles. The second-order valence-corrected chi connectivity index (χ2v) is 3.99. The molecule has 0 aliphatic heterocycles. The molecule has 0 bridgehead atoms. The molecular weight excluding hydrogens is 230 g/mol. The summed E-state index contributed by atoms with van der Waals surface area (Å²) in [6, 6.07) is 5.85. The fourth-order valence-electron chi connectivity index (χ4n) is 1.60. The van der Waals surface area contributed by atoms with Crippen molar-refractivity contribution in [1.29, 1.82) is 0 Å². The van der Waals surface area contributed by atoms with Crippen molar-refractivity contribution in [3.05, 3.63) is 23.8 Å². The summed E-state index contributed by atoms with van der Waals surface area (Å²) < 4.78 is 15.9. The van der Waals surface area contributed by atoms with Gasteiger partial charge in [-0.2, -0.15) is 0 Å². The molecule has 0 radical (unpaired) electrons. The molecule has 0 saturated carbocycles. The van der Waals surface area contributed by atoms with Crippen LogP contribution in [-0.2, 0) is 11.3 Å². The first-order valence-corrected chi connectivity index (χ1v) is 6.31. The maximum atomic E-state index is 5.69. The fraction of sp³-hybridized carbons (Fsp3) is 0.571. The summed E-state index contributed by atoms with van der Waals surface area (Å²) in [4.78, 5) is 0. The third-order valence-electron chi connectivity index (χ3n) is 2.55. The van der Waals surface area contributed by atoms with E-state index in [1.807, 2.05) is 18.2 Å². The molecule has 0 spiro atoms. The van der Waals surface area contributed by atoms with Gasteiger partial charge in [0.05, 0.1) is 13.7 Å². The summed E-state index contributed by atoms with van der Waals surface area (Å²) in [5.41, 5.74) is 1.11. The van der Waals surface area contributed by atoms with Gasteiger partial charge in [0, 0.05) is 19.2 Å². The zero-order valence-electron chi connectivity index (χ0n) is 11.5. The van der Waals surface area contributed by atoms with E-state index in [1.165, 1.54) is 0 Å². The van der Waals surface area contributed by atoms with Crippen LogP contribution in [0.3, 0.4) is 0 Å². The predicted octanol–water partition coefficient (Wildman–Crippen LogP) is 2.22. The smallest absolute Gasteiger partial charge is 0.124 e. The van der Waals surface area contributed by atoms with E-state index >= 15 is 0 Å². The van der Waals surface area contributed by atoms with E-state index < -0.39 is 0 Å². The molecule has 4 heteroatoms. The molecule has 102 valence electrons. The van der Waals surface area contributed by atoms with Crippen LogP contribution in [0.5, 0.6) is 11.5 Å². The molecule has 0 heterocycles. The summed E-state index contributed by atoms with van der Waals surface area (Å²) in [5.74, 6) is 1.74. The van der Waals surface area contributed by atoms with E-state index in [9.17, 15) is 0 Å². The minimum atomic E-state index is 0.559. The van der Waals surface area contributed by atoms with E-state index in [-0.39, 0.29) is 0 Å². The van der Waals surface area contributed by atoms with Gasteiger partial charge < -0.3 is 19.5 Å². The van der Waals surface area contributed by atoms with Gasteiger partial charge >= 0.3 is 0 Å². The van der Waals surface area contributed by atoms with Crippen LogP contribution in [0.4, 0.5) is 0 Å². The number of hydrogen-bond donors (Lipinski definition) is 1. The number of ether oxygens (including phenoxy) is 3. The van der Waals surface area contributed by atoms with Gasteiger partial charge in [-0.15, -0.1) is 0 Å². The highest BCUT2D eigenvalue weighted by atomic mass is 16.5. The summed E-state index contributed by atoms with van der Waals surface area (Å²) in [7, 11) is 3.34. The minimum absolute atomic E-state index is 0.559. The third-order valence-corrected chi connectivity index (χ3v) is 2.55. The molecule has 0 unspecified atom stereocenters. The van der Waals surface area contributed by atoms with Crippen molar-refractivity contribution in [3.63, 3.8) is 0 Å². The van der Waals surface area contributed by atoms with Crippen LogP contribution in [0.15, 0.2) is 18.2 Å². The van der Waals surface area contributed by atoms with Crippen LogP contribution in [-0.4, -0.2) is 34.0 Å². The number of nitrogens with one attached hydrogen (secondary N) is 1. The first-order valence-electron chi connectivity index (χ1n) is 6.31. The molecule has 1 rings (SSSR count). The highest BCUT2D eigenvalue weighted by molar-refractivity contribution is 5.40. The monoisotopic (exact) mass is 253 g/mol. The van der Waals surface area contributed by atoms with Crippen molar-refractivity contribution in [2.24, 2.45) is 0 Å². The Balaban J connectivity index is 2.66. The van der Waals surface area contributed by atoms with Crippen LogP contribution in [0, 0.1) is 0 Å². The Morgan fingerprint density at radius 3 is 2.67 bits per heavy atom. The highest BCUT2D eigenvalue weighted by Crippen LogP contribution is 2.24. The van der Waals surface area contributed by atoms with Crippen LogP contribution in [0.25, 0.3) is 0 Å². The fourth-order valence-corrected chi connectivity index (χ4v) is 1.60. The van der Waals surface area contributed by atoms with Crippen LogP contribution in [0.1, 0.15) is 18.9 Å². The molecule has 0 aliphatic rings. The van der Waals surface area contributed by atoms with Gasteiger partial charge in [-0.05, 0) is 31.2 Å². The number of hydrogen-bond acceptors (Lipinski definition) is 4. The second kappa shape index (κ2) is 8.78.